The second kappa shape index (κ2) is 5.37. The number of nitrogens with one attached hydrogen (secondary N) is 1. The molecular formula is C13H19N3. The van der Waals surface area contributed by atoms with Crippen LogP contribution in [-0.4, -0.2) is 11.0 Å². The zero-order valence-corrected chi connectivity index (χ0v) is 9.66. The third kappa shape index (κ3) is 2.64. The molecule has 0 aliphatic rings. The number of hydrogen-bond acceptors (Lipinski definition) is 2. The molecule has 16 heavy (non-hydrogen) atoms. The summed E-state index contributed by atoms with van der Waals surface area (Å²) in [5.41, 5.74) is 15.2. The predicted octanol–water partition coefficient (Wildman–Crippen LogP) is 2.03. The molecule has 0 aliphatic carbocycles. The lowest BCUT2D eigenvalue weighted by atomic mass is 10.0. The summed E-state index contributed by atoms with van der Waals surface area (Å²) in [6, 6.07) is -0.215. The Hall–Kier alpha value is -1.74. The lowest BCUT2D eigenvalue weighted by Crippen LogP contribution is -2.29. The fourth-order valence-electron chi connectivity index (χ4n) is 1.58. The minimum atomic E-state index is -0.215. The van der Waals surface area contributed by atoms with Gasteiger partial charge in [0.05, 0.1) is 0 Å². The number of nitrogens with two attached hydrogens (primary N) is 2. The molecule has 1 aromatic heterocycles. The van der Waals surface area contributed by atoms with Gasteiger partial charge in [-0.1, -0.05) is 25.3 Å². The van der Waals surface area contributed by atoms with Crippen LogP contribution in [0.1, 0.15) is 23.7 Å². The maximum Gasteiger partial charge on any atom is 0.0477 e. The molecule has 5 N–H and O–H groups in total. The summed E-state index contributed by atoms with van der Waals surface area (Å²) < 4.78 is 0. The molecule has 1 rings (SSSR count). The van der Waals surface area contributed by atoms with Crippen molar-refractivity contribution in [3.63, 3.8) is 0 Å². The quantitative estimate of drug-likeness (QED) is 0.706. The van der Waals surface area contributed by atoms with Gasteiger partial charge in [0.25, 0.3) is 0 Å². The van der Waals surface area contributed by atoms with Crippen molar-refractivity contribution in [3.05, 3.63) is 47.9 Å². The van der Waals surface area contributed by atoms with Crippen LogP contribution in [-0.2, 0) is 6.42 Å². The van der Waals surface area contributed by atoms with Crippen LogP contribution >= 0.6 is 0 Å². The smallest absolute Gasteiger partial charge is 0.0477 e. The highest BCUT2D eigenvalue weighted by Crippen LogP contribution is 2.19. The normalized spacial score (nSPS) is 12.9. The Morgan fingerprint density at radius 1 is 1.62 bits per heavy atom. The molecule has 1 unspecified atom stereocenters. The van der Waals surface area contributed by atoms with Crippen molar-refractivity contribution in [3.8, 4) is 0 Å². The van der Waals surface area contributed by atoms with Gasteiger partial charge in [-0.25, -0.2) is 0 Å². The van der Waals surface area contributed by atoms with E-state index in [0.29, 0.717) is 12.1 Å². The second-order valence-electron chi connectivity index (χ2n) is 3.73. The summed E-state index contributed by atoms with van der Waals surface area (Å²) in [7, 11) is 0. The van der Waals surface area contributed by atoms with E-state index in [1.807, 2.05) is 31.3 Å². The molecule has 1 heterocycles. The molecule has 0 aromatic carbocycles. The van der Waals surface area contributed by atoms with Crippen molar-refractivity contribution < 1.29 is 0 Å². The Bertz CT molecular complexity index is 413. The molecule has 1 aromatic rings. The summed E-state index contributed by atoms with van der Waals surface area (Å²) in [6.45, 7) is 9.44. The van der Waals surface area contributed by atoms with E-state index in [1.165, 1.54) is 0 Å². The van der Waals surface area contributed by atoms with Crippen LogP contribution in [0.4, 0.5) is 0 Å². The van der Waals surface area contributed by atoms with E-state index < -0.39 is 0 Å². The fraction of sp³-hybridized carbons (Fsp3) is 0.231. The molecule has 0 saturated heterocycles. The first-order valence-electron chi connectivity index (χ1n) is 5.25. The Kier molecular flexibility index (Phi) is 4.14. The molecular weight excluding hydrogens is 198 g/mol. The highest BCUT2D eigenvalue weighted by molar-refractivity contribution is 5.65. The molecule has 1 atom stereocenters. The van der Waals surface area contributed by atoms with Crippen molar-refractivity contribution in [2.75, 3.05) is 0 Å². The lowest BCUT2D eigenvalue weighted by Gasteiger charge is -2.10. The first-order valence-corrected chi connectivity index (χ1v) is 5.25. The highest BCUT2D eigenvalue weighted by atomic mass is 14.7. The summed E-state index contributed by atoms with van der Waals surface area (Å²) in [6.07, 6.45) is 8.42. The number of aromatic nitrogens is 1. The molecule has 0 saturated carbocycles. The Morgan fingerprint density at radius 2 is 2.31 bits per heavy atom. The third-order valence-corrected chi connectivity index (χ3v) is 2.49. The Labute approximate surface area is 96.5 Å². The second-order valence-corrected chi connectivity index (χ2v) is 3.73. The van der Waals surface area contributed by atoms with Gasteiger partial charge in [0.2, 0.25) is 0 Å². The van der Waals surface area contributed by atoms with Crippen molar-refractivity contribution in [1.29, 1.82) is 0 Å². The summed E-state index contributed by atoms with van der Waals surface area (Å²) in [5, 5.41) is 0. The number of H-pyrrole nitrogens is 1. The fourth-order valence-corrected chi connectivity index (χ4v) is 1.58. The van der Waals surface area contributed by atoms with E-state index in [1.54, 1.807) is 0 Å². The zero-order chi connectivity index (χ0) is 12.1. The molecule has 0 aliphatic heterocycles. The number of allylic oxidation sites excluding steroid dienone is 1. The largest absolute Gasteiger partial charge is 0.401 e. The van der Waals surface area contributed by atoms with Crippen molar-refractivity contribution in [2.45, 2.75) is 19.4 Å². The minimum absolute atomic E-state index is 0.215. The van der Waals surface area contributed by atoms with Crippen LogP contribution in [0.5, 0.6) is 0 Å². The van der Waals surface area contributed by atoms with Crippen LogP contribution in [0.3, 0.4) is 0 Å². The van der Waals surface area contributed by atoms with Gasteiger partial charge in [0.15, 0.2) is 0 Å². The standard InChI is InChI=1S/C13H19N3/c1-4-6-13-11(5-2)10(8-16-13)7-12(15)9(3)14/h4-6,8,12,16H,2-3,7,14-15H2,1H3/b6-4-. The minimum Gasteiger partial charge on any atom is -0.401 e. The lowest BCUT2D eigenvalue weighted by molar-refractivity contribution is 0.757. The SMILES string of the molecule is C=Cc1c(CC(N)C(=C)N)c[nH]c1/C=C\C. The summed E-state index contributed by atoms with van der Waals surface area (Å²) >= 11 is 0. The third-order valence-electron chi connectivity index (χ3n) is 2.49. The first-order chi connectivity index (χ1) is 7.60. The van der Waals surface area contributed by atoms with E-state index in [9.17, 15) is 0 Å². The van der Waals surface area contributed by atoms with Crippen LogP contribution in [0.2, 0.25) is 0 Å². The van der Waals surface area contributed by atoms with Gasteiger partial charge in [-0.3, -0.25) is 0 Å². The molecule has 0 fully saturated rings. The predicted molar refractivity (Wildman–Crippen MR) is 70.6 cm³/mol. The molecule has 3 nitrogen and oxygen atoms in total. The van der Waals surface area contributed by atoms with Gasteiger partial charge < -0.3 is 16.5 Å². The molecule has 3 heteroatoms. The molecule has 0 radical (unpaired) electrons. The van der Waals surface area contributed by atoms with E-state index >= 15 is 0 Å². The van der Waals surface area contributed by atoms with E-state index in [0.717, 1.165) is 16.8 Å². The molecule has 0 spiro atoms. The topological polar surface area (TPSA) is 67.8 Å². The maximum atomic E-state index is 5.86. The zero-order valence-electron chi connectivity index (χ0n) is 9.66. The maximum absolute atomic E-state index is 5.86. The van der Waals surface area contributed by atoms with Crippen LogP contribution in [0.15, 0.2) is 31.1 Å². The number of hydrogen-bond donors (Lipinski definition) is 3. The number of aromatic amines is 1. The average molecular weight is 217 g/mol. The number of rotatable bonds is 5. The average Bonchev–Trinajstić information content (AvgIpc) is 2.61. The Balaban J connectivity index is 2.97. The van der Waals surface area contributed by atoms with Gasteiger partial charge in [-0.2, -0.15) is 0 Å². The van der Waals surface area contributed by atoms with Crippen molar-refractivity contribution in [1.82, 2.24) is 4.98 Å². The van der Waals surface area contributed by atoms with Gasteiger partial charge in [0, 0.05) is 29.2 Å². The molecule has 86 valence electrons. The van der Waals surface area contributed by atoms with Gasteiger partial charge in [-0.15, -0.1) is 0 Å². The van der Waals surface area contributed by atoms with Crippen LogP contribution in [0.25, 0.3) is 12.2 Å². The monoisotopic (exact) mass is 217 g/mol. The van der Waals surface area contributed by atoms with Crippen LogP contribution in [0, 0.1) is 0 Å². The molecule has 0 bridgehead atoms. The highest BCUT2D eigenvalue weighted by Gasteiger charge is 2.11. The van der Waals surface area contributed by atoms with Crippen molar-refractivity contribution >= 4 is 12.2 Å². The Morgan fingerprint density at radius 3 is 2.81 bits per heavy atom. The summed E-state index contributed by atoms with van der Waals surface area (Å²) in [4.78, 5) is 3.19. The first kappa shape index (κ1) is 12.3. The van der Waals surface area contributed by atoms with Gasteiger partial charge in [0.1, 0.15) is 0 Å². The van der Waals surface area contributed by atoms with E-state index in [2.05, 4.69) is 18.1 Å². The summed E-state index contributed by atoms with van der Waals surface area (Å²) in [5.74, 6) is 0. The van der Waals surface area contributed by atoms with E-state index in [4.69, 9.17) is 11.5 Å². The van der Waals surface area contributed by atoms with Crippen LogP contribution < -0.4 is 11.5 Å². The van der Waals surface area contributed by atoms with Gasteiger partial charge in [-0.05, 0) is 25.0 Å². The van der Waals surface area contributed by atoms with E-state index in [-0.39, 0.29) is 6.04 Å². The van der Waals surface area contributed by atoms with Crippen molar-refractivity contribution in [2.24, 2.45) is 11.5 Å². The van der Waals surface area contributed by atoms with Gasteiger partial charge >= 0.3 is 0 Å². The molecule has 0 amide bonds.